The molecule has 156 valence electrons. The number of carbonyl (C=O) groups excluding carboxylic acids is 1. The number of carbonyl (C=O) groups is 2. The third-order valence-electron chi connectivity index (χ3n) is 4.34. The van der Waals surface area contributed by atoms with Gasteiger partial charge in [0.15, 0.2) is 0 Å². The van der Waals surface area contributed by atoms with E-state index in [0.29, 0.717) is 18.2 Å². The van der Waals surface area contributed by atoms with Crippen molar-refractivity contribution in [3.63, 3.8) is 0 Å². The van der Waals surface area contributed by atoms with E-state index in [0.717, 1.165) is 6.07 Å². The van der Waals surface area contributed by atoms with E-state index >= 15 is 0 Å². The average Bonchev–Trinajstić information content (AvgIpc) is 2.60. The Labute approximate surface area is 166 Å². The van der Waals surface area contributed by atoms with Crippen molar-refractivity contribution in [2.45, 2.75) is 39.9 Å². The third kappa shape index (κ3) is 5.24. The smallest absolute Gasteiger partial charge is 0.416 e. The maximum absolute atomic E-state index is 13.3. The minimum Gasteiger partial charge on any atom is -0.478 e. The van der Waals surface area contributed by atoms with E-state index in [2.05, 4.69) is 10.3 Å². The molecule has 2 N–H and O–H groups in total. The van der Waals surface area contributed by atoms with Gasteiger partial charge in [-0.05, 0) is 63.6 Å². The maximum atomic E-state index is 13.3. The lowest BCUT2D eigenvalue weighted by molar-refractivity contribution is -0.137. The number of aromatic carboxylic acids is 1. The average molecular weight is 409 g/mol. The molecule has 1 amide bonds. The maximum Gasteiger partial charge on any atom is 0.416 e. The van der Waals surface area contributed by atoms with Crippen molar-refractivity contribution >= 4 is 23.4 Å². The first-order valence-electron chi connectivity index (χ1n) is 8.95. The number of carboxylic acids is 1. The highest BCUT2D eigenvalue weighted by Gasteiger charge is 2.33. The van der Waals surface area contributed by atoms with Crippen LogP contribution in [-0.4, -0.2) is 34.6 Å². The summed E-state index contributed by atoms with van der Waals surface area (Å²) in [7, 11) is 0. The van der Waals surface area contributed by atoms with Crippen molar-refractivity contribution in [1.29, 1.82) is 0 Å². The number of hydrogen-bond acceptors (Lipinski definition) is 4. The number of halogens is 3. The number of aryl methyl sites for hydroxylation is 1. The highest BCUT2D eigenvalue weighted by Crippen LogP contribution is 2.32. The molecule has 0 unspecified atom stereocenters. The second-order valence-electron chi connectivity index (χ2n) is 6.77. The number of amides is 1. The summed E-state index contributed by atoms with van der Waals surface area (Å²) in [6.07, 6.45) is -4.64. The summed E-state index contributed by atoms with van der Waals surface area (Å²) in [5, 5.41) is 11.5. The quantitative estimate of drug-likeness (QED) is 0.729. The number of nitrogens with one attached hydrogen (secondary N) is 1. The third-order valence-corrected chi connectivity index (χ3v) is 4.34. The van der Waals surface area contributed by atoms with Crippen LogP contribution in [0, 0.1) is 6.92 Å². The molecule has 0 spiro atoms. The Morgan fingerprint density at radius 3 is 2.34 bits per heavy atom. The van der Waals surface area contributed by atoms with E-state index in [1.807, 2.05) is 13.8 Å². The molecule has 0 saturated heterocycles. The predicted molar refractivity (Wildman–Crippen MR) is 103 cm³/mol. The van der Waals surface area contributed by atoms with Gasteiger partial charge < -0.3 is 15.3 Å². The molecule has 0 radical (unpaired) electrons. The van der Waals surface area contributed by atoms with Gasteiger partial charge in [-0.3, -0.25) is 4.79 Å². The Kier molecular flexibility index (Phi) is 6.51. The fourth-order valence-corrected chi connectivity index (χ4v) is 2.91. The molecule has 9 heteroatoms. The summed E-state index contributed by atoms with van der Waals surface area (Å²) in [6, 6.07) is 5.63. The molecule has 0 atom stereocenters. The molecule has 2 rings (SSSR count). The zero-order valence-corrected chi connectivity index (χ0v) is 16.5. The molecular weight excluding hydrogens is 387 g/mol. The van der Waals surface area contributed by atoms with Crippen molar-refractivity contribution in [2.75, 3.05) is 16.8 Å². The Morgan fingerprint density at radius 1 is 1.21 bits per heavy atom. The highest BCUT2D eigenvalue weighted by molar-refractivity contribution is 6.03. The summed E-state index contributed by atoms with van der Waals surface area (Å²) < 4.78 is 40.0. The molecule has 0 fully saturated rings. The van der Waals surface area contributed by atoms with Gasteiger partial charge in [0.2, 0.25) is 0 Å². The molecule has 0 aliphatic rings. The van der Waals surface area contributed by atoms with Crippen LogP contribution in [0.15, 0.2) is 30.3 Å². The summed E-state index contributed by atoms with van der Waals surface area (Å²) in [6.45, 7) is 7.40. The second kappa shape index (κ2) is 8.50. The fraction of sp³-hybridized carbons (Fsp3) is 0.350. The number of nitrogens with zero attached hydrogens (tertiary/aromatic N) is 2. The van der Waals surface area contributed by atoms with E-state index in [9.17, 15) is 22.8 Å². The minimum atomic E-state index is -4.64. The van der Waals surface area contributed by atoms with E-state index in [1.165, 1.54) is 18.2 Å². The number of hydrogen-bond donors (Lipinski definition) is 2. The van der Waals surface area contributed by atoms with Crippen LogP contribution in [0.1, 0.15) is 52.7 Å². The van der Waals surface area contributed by atoms with Gasteiger partial charge in [-0.25, -0.2) is 9.78 Å². The van der Waals surface area contributed by atoms with Gasteiger partial charge in [0.25, 0.3) is 5.91 Å². The molecular formula is C20H22F3N3O3. The second-order valence-corrected chi connectivity index (χ2v) is 6.77. The normalized spacial score (nSPS) is 11.4. The van der Waals surface area contributed by atoms with Crippen molar-refractivity contribution in [2.24, 2.45) is 0 Å². The molecule has 0 aliphatic heterocycles. The van der Waals surface area contributed by atoms with Gasteiger partial charge in [0.1, 0.15) is 11.5 Å². The van der Waals surface area contributed by atoms with E-state index in [1.54, 1.807) is 18.7 Å². The van der Waals surface area contributed by atoms with Crippen molar-refractivity contribution in [3.8, 4) is 0 Å². The lowest BCUT2D eigenvalue weighted by Crippen LogP contribution is -2.32. The molecule has 0 saturated carbocycles. The van der Waals surface area contributed by atoms with Crippen molar-refractivity contribution in [1.82, 2.24) is 4.98 Å². The topological polar surface area (TPSA) is 82.5 Å². The lowest BCUT2D eigenvalue weighted by Gasteiger charge is -2.27. The molecule has 1 aromatic heterocycles. The number of alkyl halides is 3. The molecule has 0 bridgehead atoms. The van der Waals surface area contributed by atoms with Crippen LogP contribution in [0.2, 0.25) is 0 Å². The number of benzene rings is 1. The van der Waals surface area contributed by atoms with Crippen LogP contribution >= 0.6 is 0 Å². The monoisotopic (exact) mass is 409 g/mol. The van der Waals surface area contributed by atoms with Crippen LogP contribution in [0.5, 0.6) is 0 Å². The van der Waals surface area contributed by atoms with Crippen molar-refractivity contribution in [3.05, 3.63) is 52.7 Å². The molecule has 2 aromatic rings. The van der Waals surface area contributed by atoms with E-state index < -0.39 is 23.6 Å². The highest BCUT2D eigenvalue weighted by atomic mass is 19.4. The Morgan fingerprint density at radius 2 is 1.86 bits per heavy atom. The summed E-state index contributed by atoms with van der Waals surface area (Å²) in [5.74, 6) is -1.88. The molecule has 1 aromatic carbocycles. The van der Waals surface area contributed by atoms with Gasteiger partial charge >= 0.3 is 12.1 Å². The number of pyridine rings is 1. The summed E-state index contributed by atoms with van der Waals surface area (Å²) >= 11 is 0. The molecule has 29 heavy (non-hydrogen) atoms. The van der Waals surface area contributed by atoms with Crippen LogP contribution in [-0.2, 0) is 6.18 Å². The molecule has 6 nitrogen and oxygen atoms in total. The Bertz CT molecular complexity index is 927. The standard InChI is InChI=1S/C20H22F3N3O3/c1-5-26(11(2)3)17-10-13(20(21,22)23)9-16(25-17)18(27)24-14-6-7-15(19(28)29)12(4)8-14/h6-11H,5H2,1-4H3,(H,24,27)(H,28,29). The largest absolute Gasteiger partial charge is 0.478 e. The van der Waals surface area contributed by atoms with Gasteiger partial charge in [-0.1, -0.05) is 0 Å². The Balaban J connectivity index is 2.43. The Hall–Kier alpha value is -3.10. The van der Waals surface area contributed by atoms with Crippen LogP contribution < -0.4 is 10.2 Å². The zero-order chi connectivity index (χ0) is 21.9. The fourth-order valence-electron chi connectivity index (χ4n) is 2.91. The summed E-state index contributed by atoms with van der Waals surface area (Å²) in [4.78, 5) is 29.4. The lowest BCUT2D eigenvalue weighted by atomic mass is 10.1. The molecule has 0 aliphatic carbocycles. The zero-order valence-electron chi connectivity index (χ0n) is 16.5. The van der Waals surface area contributed by atoms with Crippen LogP contribution in [0.3, 0.4) is 0 Å². The summed E-state index contributed by atoms with van der Waals surface area (Å²) in [5.41, 5.74) is -0.615. The SMILES string of the molecule is CCN(c1cc(C(F)(F)F)cc(C(=O)Nc2ccc(C(=O)O)c(C)c2)n1)C(C)C. The predicted octanol–water partition coefficient (Wildman–Crippen LogP) is 4.59. The first-order valence-corrected chi connectivity index (χ1v) is 8.95. The van der Waals surface area contributed by atoms with Gasteiger partial charge in [-0.15, -0.1) is 0 Å². The van der Waals surface area contributed by atoms with Crippen LogP contribution in [0.4, 0.5) is 24.7 Å². The van der Waals surface area contributed by atoms with E-state index in [-0.39, 0.29) is 28.8 Å². The molecule has 1 heterocycles. The first kappa shape index (κ1) is 22.2. The van der Waals surface area contributed by atoms with Crippen LogP contribution in [0.25, 0.3) is 0 Å². The first-order chi connectivity index (χ1) is 13.4. The number of rotatable bonds is 6. The number of anilines is 2. The van der Waals surface area contributed by atoms with Gasteiger partial charge in [-0.2, -0.15) is 13.2 Å². The number of carboxylic acid groups (broad SMARTS) is 1. The number of aromatic nitrogens is 1. The van der Waals surface area contributed by atoms with E-state index in [4.69, 9.17) is 5.11 Å². The van der Waals surface area contributed by atoms with Gasteiger partial charge in [0.05, 0.1) is 11.1 Å². The van der Waals surface area contributed by atoms with Crippen molar-refractivity contribution < 1.29 is 27.9 Å². The van der Waals surface area contributed by atoms with Gasteiger partial charge in [0, 0.05) is 18.3 Å². The minimum absolute atomic E-state index is 0.0554.